The van der Waals surface area contributed by atoms with Gasteiger partial charge in [-0.1, -0.05) is 71.0 Å². The molecule has 1 nitrogen and oxygen atoms in total. The molecule has 2 fully saturated rings. The number of carbonyl (C=O) groups excluding carboxylic acids is 1. The van der Waals surface area contributed by atoms with Crippen molar-refractivity contribution in [1.82, 2.24) is 0 Å². The molecule has 0 aromatic carbocycles. The quantitative estimate of drug-likeness (QED) is 0.521. The van der Waals surface area contributed by atoms with Gasteiger partial charge in [-0.05, 0) is 44.1 Å². The second kappa shape index (κ2) is 6.41. The van der Waals surface area contributed by atoms with Gasteiger partial charge >= 0.3 is 0 Å². The van der Waals surface area contributed by atoms with Crippen molar-refractivity contribution >= 4 is 13.9 Å². The van der Waals surface area contributed by atoms with E-state index in [-0.39, 0.29) is 5.41 Å². The molecule has 128 valence electrons. The van der Waals surface area contributed by atoms with Crippen molar-refractivity contribution in [2.45, 2.75) is 109 Å². The monoisotopic (exact) mass is 322 g/mol. The summed E-state index contributed by atoms with van der Waals surface area (Å²) in [5, 5.41) is 0. The van der Waals surface area contributed by atoms with Crippen LogP contribution in [0.15, 0.2) is 0 Å². The van der Waals surface area contributed by atoms with Gasteiger partial charge in [0.05, 0.1) is 8.07 Å². The molecule has 0 radical (unpaired) electrons. The lowest BCUT2D eigenvalue weighted by Gasteiger charge is -2.48. The Bertz CT molecular complexity index is 390. The summed E-state index contributed by atoms with van der Waals surface area (Å²) in [6.07, 6.45) is 7.72. The highest BCUT2D eigenvalue weighted by molar-refractivity contribution is 6.84. The summed E-state index contributed by atoms with van der Waals surface area (Å²) < 4.78 is 0. The zero-order valence-electron chi connectivity index (χ0n) is 16.0. The van der Waals surface area contributed by atoms with E-state index in [0.29, 0.717) is 11.7 Å². The summed E-state index contributed by atoms with van der Waals surface area (Å²) in [4.78, 5) is 12.6. The van der Waals surface area contributed by atoms with Gasteiger partial charge in [-0.3, -0.25) is 4.79 Å². The van der Waals surface area contributed by atoms with E-state index < -0.39 is 8.07 Å². The summed E-state index contributed by atoms with van der Waals surface area (Å²) >= 11 is 0. The molecule has 0 spiro atoms. The van der Waals surface area contributed by atoms with Gasteiger partial charge < -0.3 is 0 Å². The Hall–Kier alpha value is -0.113. The van der Waals surface area contributed by atoms with Crippen LogP contribution in [0.3, 0.4) is 0 Å². The molecule has 3 atom stereocenters. The molecular weight excluding hydrogens is 284 g/mol. The number of hydrogen-bond acceptors (Lipinski definition) is 1. The van der Waals surface area contributed by atoms with Gasteiger partial charge in [0.1, 0.15) is 5.78 Å². The fraction of sp³-hybridized carbons (Fsp3) is 0.950. The minimum Gasteiger partial charge on any atom is -0.299 e. The third-order valence-corrected chi connectivity index (χ3v) is 15.6. The van der Waals surface area contributed by atoms with Crippen LogP contribution in [0.5, 0.6) is 0 Å². The Morgan fingerprint density at radius 2 is 1.55 bits per heavy atom. The lowest BCUT2D eigenvalue weighted by atomic mass is 9.66. The maximum atomic E-state index is 12.6. The van der Waals surface area contributed by atoms with E-state index in [1.54, 1.807) is 0 Å². The third-order valence-electron chi connectivity index (χ3n) is 7.79. The maximum absolute atomic E-state index is 12.6. The van der Waals surface area contributed by atoms with Crippen LogP contribution in [-0.4, -0.2) is 13.9 Å². The van der Waals surface area contributed by atoms with Crippen LogP contribution < -0.4 is 0 Å². The second-order valence-electron chi connectivity index (χ2n) is 9.26. The molecule has 2 aliphatic carbocycles. The van der Waals surface area contributed by atoms with Gasteiger partial charge in [-0.25, -0.2) is 0 Å². The average molecular weight is 323 g/mol. The van der Waals surface area contributed by atoms with Crippen LogP contribution >= 0.6 is 0 Å². The van der Waals surface area contributed by atoms with Crippen molar-refractivity contribution in [3.05, 3.63) is 0 Å². The molecule has 0 aromatic rings. The Morgan fingerprint density at radius 1 is 1.00 bits per heavy atom. The van der Waals surface area contributed by atoms with Crippen molar-refractivity contribution in [3.8, 4) is 0 Å². The molecule has 2 rings (SSSR count). The minimum absolute atomic E-state index is 0.0693. The van der Waals surface area contributed by atoms with Crippen LogP contribution in [-0.2, 0) is 4.79 Å². The molecule has 0 aromatic heterocycles. The fourth-order valence-electron chi connectivity index (χ4n) is 7.19. The standard InChI is InChI=1S/C20H38OSi/c1-14(2)22(15(3)4,16(5)6)19-12-18-10-8-9-11-20(18,13-19)17(7)21/h14-16,18-19H,8-13H2,1-7H3/t18-,19-,20+/m0/s1. The molecular formula is C20H38OSi. The lowest BCUT2D eigenvalue weighted by Crippen LogP contribution is -2.48. The summed E-state index contributed by atoms with van der Waals surface area (Å²) in [5.41, 5.74) is 3.39. The van der Waals surface area contributed by atoms with Crippen molar-refractivity contribution in [2.24, 2.45) is 11.3 Å². The molecule has 0 N–H and O–H groups in total. The van der Waals surface area contributed by atoms with Crippen LogP contribution in [0.4, 0.5) is 0 Å². The first-order valence-corrected chi connectivity index (χ1v) is 12.0. The number of Topliss-reactive ketones (excluding diaryl/α,β-unsaturated/α-hetero) is 1. The molecule has 0 amide bonds. The zero-order valence-corrected chi connectivity index (χ0v) is 17.0. The topological polar surface area (TPSA) is 17.1 Å². The summed E-state index contributed by atoms with van der Waals surface area (Å²) in [6, 6.07) is 0. The van der Waals surface area contributed by atoms with E-state index in [0.717, 1.165) is 22.2 Å². The highest BCUT2D eigenvalue weighted by Gasteiger charge is 2.59. The first kappa shape index (κ1) is 18.2. The normalized spacial score (nSPS) is 32.8. The number of carbonyl (C=O) groups is 1. The van der Waals surface area contributed by atoms with Crippen LogP contribution in [0.25, 0.3) is 0 Å². The van der Waals surface area contributed by atoms with E-state index in [9.17, 15) is 4.79 Å². The Labute approximate surface area is 139 Å². The highest BCUT2D eigenvalue weighted by atomic mass is 28.3. The Kier molecular flexibility index (Phi) is 5.31. The molecule has 0 saturated heterocycles. The van der Waals surface area contributed by atoms with Crippen molar-refractivity contribution < 1.29 is 4.79 Å². The van der Waals surface area contributed by atoms with E-state index >= 15 is 0 Å². The van der Waals surface area contributed by atoms with Gasteiger partial charge in [-0.2, -0.15) is 0 Å². The molecule has 0 bridgehead atoms. The largest absolute Gasteiger partial charge is 0.299 e. The van der Waals surface area contributed by atoms with Crippen LogP contribution in [0.2, 0.25) is 22.2 Å². The zero-order chi connectivity index (χ0) is 16.7. The first-order valence-electron chi connectivity index (χ1n) is 9.70. The van der Waals surface area contributed by atoms with Crippen molar-refractivity contribution in [2.75, 3.05) is 0 Å². The molecule has 2 saturated carbocycles. The molecule has 22 heavy (non-hydrogen) atoms. The summed E-state index contributed by atoms with van der Waals surface area (Å²) in [7, 11) is -1.43. The third kappa shape index (κ3) is 2.54. The SMILES string of the molecule is CC(=O)[C@]12CCCC[C@H]1C[C@H]([Si](C(C)C)(C(C)C)C(C)C)C2. The molecule has 0 unspecified atom stereocenters. The highest BCUT2D eigenvalue weighted by Crippen LogP contribution is 2.64. The van der Waals surface area contributed by atoms with Crippen LogP contribution in [0.1, 0.15) is 87.0 Å². The van der Waals surface area contributed by atoms with Crippen molar-refractivity contribution in [3.63, 3.8) is 0 Å². The van der Waals surface area contributed by atoms with Crippen molar-refractivity contribution in [1.29, 1.82) is 0 Å². The lowest BCUT2D eigenvalue weighted by molar-refractivity contribution is -0.130. The fourth-order valence-corrected chi connectivity index (χ4v) is 15.4. The minimum atomic E-state index is -1.43. The predicted octanol–water partition coefficient (Wildman–Crippen LogP) is 6.59. The molecule has 0 aliphatic heterocycles. The van der Waals surface area contributed by atoms with E-state index in [1.165, 1.54) is 38.5 Å². The van der Waals surface area contributed by atoms with Gasteiger partial charge in [0.15, 0.2) is 0 Å². The molecule has 0 heterocycles. The van der Waals surface area contributed by atoms with Crippen LogP contribution in [0, 0.1) is 11.3 Å². The smallest absolute Gasteiger partial charge is 0.136 e. The number of ketones is 1. The van der Waals surface area contributed by atoms with Gasteiger partial charge in [-0.15, -0.1) is 0 Å². The van der Waals surface area contributed by atoms with Gasteiger partial charge in [0.2, 0.25) is 0 Å². The molecule has 2 aliphatic rings. The Morgan fingerprint density at radius 3 is 1.95 bits per heavy atom. The van der Waals surface area contributed by atoms with E-state index in [4.69, 9.17) is 0 Å². The maximum Gasteiger partial charge on any atom is 0.136 e. The number of rotatable bonds is 5. The van der Waals surface area contributed by atoms with E-state index in [1.807, 2.05) is 6.92 Å². The predicted molar refractivity (Wildman–Crippen MR) is 99.1 cm³/mol. The molecule has 2 heteroatoms. The summed E-state index contributed by atoms with van der Waals surface area (Å²) in [5.74, 6) is 1.21. The summed E-state index contributed by atoms with van der Waals surface area (Å²) in [6.45, 7) is 16.8. The first-order chi connectivity index (χ1) is 10.2. The van der Waals surface area contributed by atoms with E-state index in [2.05, 4.69) is 41.5 Å². The average Bonchev–Trinajstić information content (AvgIpc) is 2.78. The number of hydrogen-bond donors (Lipinski definition) is 0. The number of fused-ring (bicyclic) bond motifs is 1. The Balaban J connectivity index is 2.41. The van der Waals surface area contributed by atoms with Gasteiger partial charge in [0, 0.05) is 5.41 Å². The van der Waals surface area contributed by atoms with Gasteiger partial charge in [0.25, 0.3) is 0 Å². The second-order valence-corrected chi connectivity index (χ2v) is 15.5.